The van der Waals surface area contributed by atoms with Gasteiger partial charge < -0.3 is 11.1 Å². The van der Waals surface area contributed by atoms with Crippen LogP contribution in [0.4, 0.5) is 10.8 Å². The van der Waals surface area contributed by atoms with Gasteiger partial charge in [-0.15, -0.1) is 11.3 Å². The fourth-order valence-corrected chi connectivity index (χ4v) is 3.98. The minimum Gasteiger partial charge on any atom is -0.399 e. The molecule has 1 aromatic carbocycles. The number of thiazole rings is 1. The third kappa shape index (κ3) is 2.53. The van der Waals surface area contributed by atoms with Gasteiger partial charge in [0.25, 0.3) is 0 Å². The summed E-state index contributed by atoms with van der Waals surface area (Å²) in [6.45, 7) is 0. The number of carbonyl (C=O) groups excluding carboxylic acids is 1. The van der Waals surface area contributed by atoms with Crippen LogP contribution in [-0.2, 0) is 4.79 Å². The average Bonchev–Trinajstić information content (AvgIpc) is 2.89. The Hall–Kier alpha value is -1.88. The van der Waals surface area contributed by atoms with Gasteiger partial charge in [-0.1, -0.05) is 12.1 Å². The molecule has 2 atom stereocenters. The van der Waals surface area contributed by atoms with E-state index in [0.29, 0.717) is 5.13 Å². The van der Waals surface area contributed by atoms with E-state index < -0.39 is 0 Å². The van der Waals surface area contributed by atoms with E-state index in [1.807, 2.05) is 29.6 Å². The zero-order valence-electron chi connectivity index (χ0n) is 11.6. The van der Waals surface area contributed by atoms with Crippen LogP contribution in [0.15, 0.2) is 29.6 Å². The van der Waals surface area contributed by atoms with Crippen molar-refractivity contribution in [2.45, 2.75) is 19.3 Å². The second-order valence-electron chi connectivity index (χ2n) is 6.07. The van der Waals surface area contributed by atoms with Crippen LogP contribution in [0.2, 0.25) is 0 Å². The number of anilines is 2. The van der Waals surface area contributed by atoms with Crippen LogP contribution in [0.1, 0.15) is 19.3 Å². The van der Waals surface area contributed by atoms with E-state index in [-0.39, 0.29) is 11.8 Å². The third-order valence-electron chi connectivity index (χ3n) is 4.56. The van der Waals surface area contributed by atoms with E-state index in [4.69, 9.17) is 5.73 Å². The Morgan fingerprint density at radius 1 is 1.19 bits per heavy atom. The maximum absolute atomic E-state index is 12.2. The summed E-state index contributed by atoms with van der Waals surface area (Å²) in [6, 6.07) is 7.61. The summed E-state index contributed by atoms with van der Waals surface area (Å²) < 4.78 is 0. The minimum atomic E-state index is 0.139. The zero-order valence-corrected chi connectivity index (χ0v) is 12.4. The lowest BCUT2D eigenvalue weighted by Gasteiger charge is -2.10. The van der Waals surface area contributed by atoms with Crippen LogP contribution in [0, 0.1) is 17.8 Å². The molecule has 2 aliphatic carbocycles. The van der Waals surface area contributed by atoms with Gasteiger partial charge in [-0.3, -0.25) is 4.79 Å². The number of nitrogens with two attached hydrogens (primary N) is 1. The molecule has 108 valence electrons. The number of nitrogens with one attached hydrogen (secondary N) is 1. The van der Waals surface area contributed by atoms with Crippen molar-refractivity contribution in [2.75, 3.05) is 11.1 Å². The Morgan fingerprint density at radius 3 is 2.62 bits per heavy atom. The Morgan fingerprint density at radius 2 is 1.90 bits per heavy atom. The molecular weight excluding hydrogens is 282 g/mol. The molecule has 4 rings (SSSR count). The van der Waals surface area contributed by atoms with Crippen molar-refractivity contribution in [3.63, 3.8) is 0 Å². The van der Waals surface area contributed by atoms with Crippen LogP contribution in [0.3, 0.4) is 0 Å². The molecule has 0 bridgehead atoms. The average molecular weight is 299 g/mol. The molecule has 0 aliphatic heterocycles. The molecule has 0 saturated heterocycles. The standard InChI is InChI=1S/C16H17N3OS/c17-13-3-1-9(2-4-13)14-8-21-16(18-14)19-15(20)12-6-10-5-11(10)7-12/h1-4,8,10-12H,5-7,17H2,(H,18,19,20). The second kappa shape index (κ2) is 4.84. The Kier molecular flexibility index (Phi) is 2.96. The fourth-order valence-electron chi connectivity index (χ4n) is 3.25. The highest BCUT2D eigenvalue weighted by Crippen LogP contribution is 2.54. The van der Waals surface area contributed by atoms with Gasteiger partial charge in [-0.05, 0) is 43.2 Å². The molecular formula is C16H17N3OS. The molecule has 1 amide bonds. The first-order valence-corrected chi connectivity index (χ1v) is 8.19. The van der Waals surface area contributed by atoms with E-state index in [1.54, 1.807) is 0 Å². The molecule has 3 N–H and O–H groups in total. The smallest absolute Gasteiger partial charge is 0.229 e. The van der Waals surface area contributed by atoms with E-state index >= 15 is 0 Å². The number of aromatic nitrogens is 1. The summed E-state index contributed by atoms with van der Waals surface area (Å²) in [6.07, 6.45) is 3.46. The van der Waals surface area contributed by atoms with Crippen molar-refractivity contribution in [3.8, 4) is 11.3 Å². The summed E-state index contributed by atoms with van der Waals surface area (Å²) in [4.78, 5) is 16.7. The van der Waals surface area contributed by atoms with Gasteiger partial charge in [0.05, 0.1) is 5.69 Å². The molecule has 0 spiro atoms. The summed E-state index contributed by atoms with van der Waals surface area (Å²) in [5, 5.41) is 5.62. The number of benzene rings is 1. The normalized spacial score (nSPS) is 26.4. The number of amides is 1. The molecule has 5 heteroatoms. The molecule has 1 heterocycles. The van der Waals surface area contributed by atoms with Crippen LogP contribution in [-0.4, -0.2) is 10.9 Å². The van der Waals surface area contributed by atoms with E-state index in [2.05, 4.69) is 10.3 Å². The van der Waals surface area contributed by atoms with E-state index in [1.165, 1.54) is 17.8 Å². The molecule has 2 unspecified atom stereocenters. The molecule has 1 aromatic heterocycles. The number of fused-ring (bicyclic) bond motifs is 1. The molecule has 4 nitrogen and oxygen atoms in total. The van der Waals surface area contributed by atoms with Crippen LogP contribution >= 0.6 is 11.3 Å². The number of rotatable bonds is 3. The summed E-state index contributed by atoms with van der Waals surface area (Å²) in [5.74, 6) is 1.97. The van der Waals surface area contributed by atoms with Gasteiger partial charge in [0.1, 0.15) is 0 Å². The number of nitrogen functional groups attached to an aromatic ring is 1. The molecule has 2 aliphatic rings. The number of hydrogen-bond acceptors (Lipinski definition) is 4. The first kappa shape index (κ1) is 12.8. The van der Waals surface area contributed by atoms with Gasteiger partial charge in [0.15, 0.2) is 5.13 Å². The van der Waals surface area contributed by atoms with Gasteiger partial charge in [0, 0.05) is 22.5 Å². The van der Waals surface area contributed by atoms with Crippen molar-refractivity contribution in [1.82, 2.24) is 4.98 Å². The lowest BCUT2D eigenvalue weighted by molar-refractivity contribution is -0.120. The Balaban J connectivity index is 1.44. The molecule has 2 aromatic rings. The lowest BCUT2D eigenvalue weighted by atomic mass is 10.0. The lowest BCUT2D eigenvalue weighted by Crippen LogP contribution is -2.21. The summed E-state index contributed by atoms with van der Waals surface area (Å²) in [7, 11) is 0. The van der Waals surface area contributed by atoms with Crippen molar-refractivity contribution < 1.29 is 4.79 Å². The number of hydrogen-bond donors (Lipinski definition) is 2. The van der Waals surface area contributed by atoms with Crippen LogP contribution in [0.25, 0.3) is 11.3 Å². The highest BCUT2D eigenvalue weighted by molar-refractivity contribution is 7.14. The quantitative estimate of drug-likeness (QED) is 0.854. The van der Waals surface area contributed by atoms with Crippen molar-refractivity contribution in [3.05, 3.63) is 29.6 Å². The molecule has 21 heavy (non-hydrogen) atoms. The number of carbonyl (C=O) groups is 1. The number of nitrogens with zero attached hydrogens (tertiary/aromatic N) is 1. The zero-order chi connectivity index (χ0) is 14.4. The van der Waals surface area contributed by atoms with Crippen molar-refractivity contribution >= 4 is 28.1 Å². The third-order valence-corrected chi connectivity index (χ3v) is 5.31. The molecule has 2 saturated carbocycles. The molecule has 2 fully saturated rings. The summed E-state index contributed by atoms with van der Waals surface area (Å²) in [5.41, 5.74) is 8.32. The fraction of sp³-hybridized carbons (Fsp3) is 0.375. The Labute approximate surface area is 127 Å². The SMILES string of the molecule is Nc1ccc(-c2csc(NC(=O)C3CC4CC4C3)n2)cc1. The summed E-state index contributed by atoms with van der Waals surface area (Å²) >= 11 is 1.47. The van der Waals surface area contributed by atoms with E-state index in [9.17, 15) is 4.79 Å². The van der Waals surface area contributed by atoms with Gasteiger partial charge >= 0.3 is 0 Å². The highest BCUT2D eigenvalue weighted by Gasteiger charge is 2.48. The van der Waals surface area contributed by atoms with Gasteiger partial charge in [-0.25, -0.2) is 4.98 Å². The van der Waals surface area contributed by atoms with Crippen LogP contribution < -0.4 is 11.1 Å². The Bertz CT molecular complexity index is 669. The second-order valence-corrected chi connectivity index (χ2v) is 6.93. The predicted molar refractivity (Wildman–Crippen MR) is 84.9 cm³/mol. The predicted octanol–water partition coefficient (Wildman–Crippen LogP) is 3.38. The minimum absolute atomic E-state index is 0.139. The highest BCUT2D eigenvalue weighted by atomic mass is 32.1. The van der Waals surface area contributed by atoms with Crippen molar-refractivity contribution in [1.29, 1.82) is 0 Å². The van der Waals surface area contributed by atoms with Gasteiger partial charge in [-0.2, -0.15) is 0 Å². The van der Waals surface area contributed by atoms with Crippen LogP contribution in [0.5, 0.6) is 0 Å². The molecule has 0 radical (unpaired) electrons. The van der Waals surface area contributed by atoms with Gasteiger partial charge in [0.2, 0.25) is 5.91 Å². The van der Waals surface area contributed by atoms with E-state index in [0.717, 1.165) is 41.6 Å². The maximum atomic E-state index is 12.2. The first-order valence-electron chi connectivity index (χ1n) is 7.31. The van der Waals surface area contributed by atoms with Crippen molar-refractivity contribution in [2.24, 2.45) is 17.8 Å². The topological polar surface area (TPSA) is 68.0 Å². The first-order chi connectivity index (χ1) is 10.2. The monoisotopic (exact) mass is 299 g/mol. The maximum Gasteiger partial charge on any atom is 0.229 e. The largest absolute Gasteiger partial charge is 0.399 e.